The summed E-state index contributed by atoms with van der Waals surface area (Å²) in [5, 5.41) is 5.56. The molecule has 1 atom stereocenters. The van der Waals surface area contributed by atoms with Gasteiger partial charge in [0.25, 0.3) is 0 Å². The summed E-state index contributed by atoms with van der Waals surface area (Å²) in [6, 6.07) is 11.2. The lowest BCUT2D eigenvalue weighted by atomic mass is 10.1. The van der Waals surface area contributed by atoms with E-state index in [0.717, 1.165) is 35.7 Å². The molecule has 0 radical (unpaired) electrons. The second-order valence-electron chi connectivity index (χ2n) is 7.22. The first-order valence-corrected chi connectivity index (χ1v) is 10.3. The van der Waals surface area contributed by atoms with E-state index in [-0.39, 0.29) is 12.0 Å². The smallest absolute Gasteiger partial charge is 0.325 e. The number of carbonyl (C=O) groups is 1. The second kappa shape index (κ2) is 8.85. The van der Waals surface area contributed by atoms with E-state index in [4.69, 9.17) is 21.4 Å². The number of aromatic nitrogens is 3. The molecule has 0 spiro atoms. The number of halogens is 1. The van der Waals surface area contributed by atoms with Crippen LogP contribution in [0, 0.1) is 0 Å². The van der Waals surface area contributed by atoms with Gasteiger partial charge in [0.15, 0.2) is 5.82 Å². The van der Waals surface area contributed by atoms with Crippen LogP contribution in [-0.4, -0.2) is 65.0 Å². The summed E-state index contributed by atoms with van der Waals surface area (Å²) >= 11 is 6.05. The van der Waals surface area contributed by atoms with Gasteiger partial charge in [-0.2, -0.15) is 0 Å². The predicted octanol–water partition coefficient (Wildman–Crippen LogP) is 3.27. The highest BCUT2D eigenvalue weighted by molar-refractivity contribution is 6.30. The number of benzene rings is 1. The van der Waals surface area contributed by atoms with Crippen molar-refractivity contribution in [3.63, 3.8) is 0 Å². The molecule has 8 heteroatoms. The molecule has 1 aliphatic rings. The molecule has 1 fully saturated rings. The van der Waals surface area contributed by atoms with Crippen LogP contribution in [0.15, 0.2) is 55.0 Å². The molecular formula is C22H24ClN5O2. The zero-order valence-corrected chi connectivity index (χ0v) is 17.8. The van der Waals surface area contributed by atoms with Crippen LogP contribution < -0.4 is 4.90 Å². The van der Waals surface area contributed by atoms with Crippen molar-refractivity contribution >= 4 is 23.4 Å². The Morgan fingerprint density at radius 3 is 2.60 bits per heavy atom. The number of carbonyl (C=O) groups excluding carboxylic acids is 1. The Bertz CT molecular complexity index is 1010. The van der Waals surface area contributed by atoms with Crippen molar-refractivity contribution in [3.05, 3.63) is 60.0 Å². The molecule has 1 aromatic carbocycles. The molecule has 0 aliphatic carbocycles. The average molecular weight is 426 g/mol. The number of likely N-dealkylation sites (N-methyl/N-ethyl adjacent to an activating group) is 1. The Labute approximate surface area is 180 Å². The molecule has 3 aromatic rings. The van der Waals surface area contributed by atoms with Crippen LogP contribution in [0.25, 0.3) is 16.8 Å². The van der Waals surface area contributed by atoms with E-state index < -0.39 is 0 Å². The minimum Gasteiger partial charge on any atom is -0.465 e. The molecule has 1 aliphatic heterocycles. The molecule has 0 bridgehead atoms. The molecule has 2 aromatic heterocycles. The van der Waals surface area contributed by atoms with E-state index in [0.29, 0.717) is 18.2 Å². The SMILES string of the molecule is CCOC(=O)C1CN(c2nn(-c3ccc(Cl)cc3)cc2-c2ccncc2)CCN1C. The Balaban J connectivity index is 1.72. The normalized spacial score (nSPS) is 17.2. The van der Waals surface area contributed by atoms with E-state index in [1.807, 2.05) is 66.1 Å². The van der Waals surface area contributed by atoms with Crippen molar-refractivity contribution in [3.8, 4) is 16.8 Å². The van der Waals surface area contributed by atoms with Gasteiger partial charge in [0, 0.05) is 48.8 Å². The first kappa shape index (κ1) is 20.4. The van der Waals surface area contributed by atoms with Crippen LogP contribution in [0.4, 0.5) is 5.82 Å². The number of esters is 1. The van der Waals surface area contributed by atoms with Gasteiger partial charge in [0.2, 0.25) is 0 Å². The van der Waals surface area contributed by atoms with Gasteiger partial charge in [0.1, 0.15) is 6.04 Å². The minimum absolute atomic E-state index is 0.202. The van der Waals surface area contributed by atoms with Gasteiger partial charge in [0.05, 0.1) is 12.3 Å². The molecule has 0 saturated carbocycles. The highest BCUT2D eigenvalue weighted by Crippen LogP contribution is 2.32. The van der Waals surface area contributed by atoms with Crippen molar-refractivity contribution in [2.45, 2.75) is 13.0 Å². The number of hydrogen-bond acceptors (Lipinski definition) is 6. The lowest BCUT2D eigenvalue weighted by molar-refractivity contribution is -0.149. The van der Waals surface area contributed by atoms with Gasteiger partial charge < -0.3 is 9.64 Å². The van der Waals surface area contributed by atoms with E-state index in [1.165, 1.54) is 0 Å². The maximum absolute atomic E-state index is 12.5. The molecular weight excluding hydrogens is 402 g/mol. The molecule has 0 N–H and O–H groups in total. The van der Waals surface area contributed by atoms with Gasteiger partial charge in [-0.05, 0) is 55.9 Å². The number of ether oxygens (including phenoxy) is 1. The topological polar surface area (TPSA) is 63.5 Å². The predicted molar refractivity (Wildman–Crippen MR) is 117 cm³/mol. The van der Waals surface area contributed by atoms with Gasteiger partial charge >= 0.3 is 5.97 Å². The maximum Gasteiger partial charge on any atom is 0.325 e. The van der Waals surface area contributed by atoms with Crippen molar-refractivity contribution in [2.24, 2.45) is 0 Å². The average Bonchev–Trinajstić information content (AvgIpc) is 3.21. The zero-order valence-electron chi connectivity index (χ0n) is 17.0. The second-order valence-corrected chi connectivity index (χ2v) is 7.65. The number of piperazine rings is 1. The highest BCUT2D eigenvalue weighted by Gasteiger charge is 2.33. The minimum atomic E-state index is -0.329. The zero-order chi connectivity index (χ0) is 21.1. The monoisotopic (exact) mass is 425 g/mol. The van der Waals surface area contributed by atoms with Gasteiger partial charge in [-0.15, -0.1) is 5.10 Å². The molecule has 156 valence electrons. The fourth-order valence-electron chi connectivity index (χ4n) is 3.62. The fourth-order valence-corrected chi connectivity index (χ4v) is 3.74. The third kappa shape index (κ3) is 4.17. The summed E-state index contributed by atoms with van der Waals surface area (Å²) in [4.78, 5) is 20.8. The quantitative estimate of drug-likeness (QED) is 0.584. The first-order valence-electron chi connectivity index (χ1n) is 9.94. The molecule has 0 amide bonds. The number of rotatable bonds is 5. The number of pyridine rings is 1. The summed E-state index contributed by atoms with van der Waals surface area (Å²) in [6.45, 7) is 4.23. The van der Waals surface area contributed by atoms with Crippen LogP contribution in [0.3, 0.4) is 0 Å². The molecule has 30 heavy (non-hydrogen) atoms. The third-order valence-electron chi connectivity index (χ3n) is 5.28. The van der Waals surface area contributed by atoms with Gasteiger partial charge in [-0.3, -0.25) is 14.7 Å². The van der Waals surface area contributed by atoms with E-state index >= 15 is 0 Å². The van der Waals surface area contributed by atoms with E-state index in [9.17, 15) is 4.79 Å². The van der Waals surface area contributed by atoms with Crippen LogP contribution in [0.1, 0.15) is 6.92 Å². The summed E-state index contributed by atoms with van der Waals surface area (Å²) < 4.78 is 7.13. The highest BCUT2D eigenvalue weighted by atomic mass is 35.5. The Morgan fingerprint density at radius 2 is 1.90 bits per heavy atom. The first-order chi connectivity index (χ1) is 14.6. The van der Waals surface area contributed by atoms with Crippen LogP contribution in [0.2, 0.25) is 5.02 Å². The summed E-state index contributed by atoms with van der Waals surface area (Å²) in [6.07, 6.45) is 5.54. The summed E-state index contributed by atoms with van der Waals surface area (Å²) in [5.41, 5.74) is 2.92. The number of nitrogens with zero attached hydrogens (tertiary/aromatic N) is 5. The third-order valence-corrected chi connectivity index (χ3v) is 5.54. The van der Waals surface area contributed by atoms with E-state index in [1.54, 1.807) is 12.4 Å². The van der Waals surface area contributed by atoms with Crippen LogP contribution >= 0.6 is 11.6 Å². The lowest BCUT2D eigenvalue weighted by Crippen LogP contribution is -2.55. The molecule has 3 heterocycles. The molecule has 1 unspecified atom stereocenters. The molecule has 7 nitrogen and oxygen atoms in total. The lowest BCUT2D eigenvalue weighted by Gasteiger charge is -2.38. The van der Waals surface area contributed by atoms with E-state index in [2.05, 4.69) is 9.88 Å². The van der Waals surface area contributed by atoms with Crippen LogP contribution in [0.5, 0.6) is 0 Å². The fraction of sp³-hybridized carbons (Fsp3) is 0.318. The molecule has 1 saturated heterocycles. The van der Waals surface area contributed by atoms with Crippen molar-refractivity contribution in [1.82, 2.24) is 19.7 Å². The number of anilines is 1. The maximum atomic E-state index is 12.5. The Morgan fingerprint density at radius 1 is 1.17 bits per heavy atom. The Kier molecular flexibility index (Phi) is 6.01. The summed E-state index contributed by atoms with van der Waals surface area (Å²) in [7, 11) is 1.95. The Hall–Kier alpha value is -2.90. The number of hydrogen-bond donors (Lipinski definition) is 0. The van der Waals surface area contributed by atoms with Crippen LogP contribution in [-0.2, 0) is 9.53 Å². The van der Waals surface area contributed by atoms with Crippen molar-refractivity contribution in [2.75, 3.05) is 38.2 Å². The summed E-state index contributed by atoms with van der Waals surface area (Å²) in [5.74, 6) is 0.630. The van der Waals surface area contributed by atoms with Gasteiger partial charge in [-0.1, -0.05) is 11.6 Å². The standard InChI is InChI=1S/C22H24ClN5O2/c1-3-30-22(29)20-15-27(13-12-26(20)2)21-19(16-8-10-24-11-9-16)14-28(25-21)18-6-4-17(23)5-7-18/h4-11,14,20H,3,12-13,15H2,1-2H3. The molecule has 4 rings (SSSR count). The van der Waals surface area contributed by atoms with Crippen molar-refractivity contribution in [1.29, 1.82) is 0 Å². The van der Waals surface area contributed by atoms with Crippen molar-refractivity contribution < 1.29 is 9.53 Å². The largest absolute Gasteiger partial charge is 0.465 e. The van der Waals surface area contributed by atoms with Gasteiger partial charge in [-0.25, -0.2) is 4.68 Å².